The van der Waals surface area contributed by atoms with Crippen molar-refractivity contribution < 1.29 is 12.8 Å². The average molecular weight is 331 g/mol. The van der Waals surface area contributed by atoms with E-state index in [-0.39, 0.29) is 9.92 Å². The lowest BCUT2D eigenvalue weighted by Crippen LogP contribution is -2.03. The van der Waals surface area contributed by atoms with Crippen molar-refractivity contribution in [1.29, 1.82) is 0 Å². The quantitative estimate of drug-likeness (QED) is 0.679. The molecule has 0 radical (unpaired) electrons. The summed E-state index contributed by atoms with van der Waals surface area (Å²) in [5.74, 6) is 0.305. The molecule has 3 rings (SSSR count). The smallest absolute Gasteiger partial charge is 0.228 e. The third-order valence-corrected chi connectivity index (χ3v) is 5.54. The summed E-state index contributed by atoms with van der Waals surface area (Å²) >= 11 is 1.22. The fourth-order valence-corrected chi connectivity index (χ4v) is 4.17. The Morgan fingerprint density at radius 3 is 2.14 bits per heavy atom. The minimum absolute atomic E-state index is 0.0370. The third kappa shape index (κ3) is 2.67. The zero-order valence-corrected chi connectivity index (χ0v) is 13.4. The molecular weight excluding hydrogens is 318 g/mol. The molecule has 0 bridgehead atoms. The molecule has 0 saturated heterocycles. The molecule has 0 aliphatic rings. The molecule has 22 heavy (non-hydrogen) atoms. The van der Waals surface area contributed by atoms with E-state index in [0.29, 0.717) is 11.0 Å². The normalized spacial score (nSPS) is 11.5. The summed E-state index contributed by atoms with van der Waals surface area (Å²) in [5, 5.41) is 0.257. The van der Waals surface area contributed by atoms with E-state index in [1.165, 1.54) is 11.8 Å². The van der Waals surface area contributed by atoms with Gasteiger partial charge in [-0.05, 0) is 30.5 Å². The molecular formula is C16H13NO3S2. The summed E-state index contributed by atoms with van der Waals surface area (Å²) in [6.45, 7) is 0. The van der Waals surface area contributed by atoms with Gasteiger partial charge in [-0.25, -0.2) is 8.42 Å². The Morgan fingerprint density at radius 1 is 0.955 bits per heavy atom. The summed E-state index contributed by atoms with van der Waals surface area (Å²) in [5.41, 5.74) is 0.743. The number of benzene rings is 2. The van der Waals surface area contributed by atoms with E-state index in [1.54, 1.807) is 36.6 Å². The van der Waals surface area contributed by atoms with Crippen LogP contribution in [-0.4, -0.2) is 19.7 Å². The van der Waals surface area contributed by atoms with Gasteiger partial charge < -0.3 is 4.42 Å². The maximum absolute atomic E-state index is 12.7. The molecule has 0 N–H and O–H groups in total. The van der Waals surface area contributed by atoms with E-state index in [9.17, 15) is 8.42 Å². The van der Waals surface area contributed by atoms with E-state index in [4.69, 9.17) is 4.42 Å². The molecule has 0 spiro atoms. The van der Waals surface area contributed by atoms with Gasteiger partial charge in [0, 0.05) is 5.56 Å². The lowest BCUT2D eigenvalue weighted by atomic mass is 10.2. The summed E-state index contributed by atoms with van der Waals surface area (Å²) < 4.78 is 31.1. The fraction of sp³-hybridized carbons (Fsp3) is 0.0625. The number of hydrogen-bond donors (Lipinski definition) is 0. The van der Waals surface area contributed by atoms with Gasteiger partial charge in [0.2, 0.25) is 25.8 Å². The van der Waals surface area contributed by atoms with Crippen molar-refractivity contribution in [1.82, 2.24) is 4.98 Å². The van der Waals surface area contributed by atoms with Crippen LogP contribution in [0, 0.1) is 0 Å². The number of thioether (sulfide) groups is 1. The van der Waals surface area contributed by atoms with Crippen LogP contribution in [0.15, 0.2) is 80.1 Å². The number of nitrogens with zero attached hydrogens (tertiary/aromatic N) is 1. The van der Waals surface area contributed by atoms with Crippen LogP contribution in [0.1, 0.15) is 0 Å². The van der Waals surface area contributed by atoms with Gasteiger partial charge >= 0.3 is 0 Å². The molecule has 3 aromatic rings. The first-order valence-corrected chi connectivity index (χ1v) is 9.24. The number of rotatable bonds is 4. The largest absolute Gasteiger partial charge is 0.428 e. The first kappa shape index (κ1) is 14.9. The number of oxazole rings is 1. The number of sulfone groups is 1. The Bertz CT molecular complexity index is 872. The SMILES string of the molecule is CSc1oc(-c2ccccc2)nc1S(=O)(=O)c1ccccc1. The Balaban J connectivity index is 2.14. The van der Waals surface area contributed by atoms with Crippen molar-refractivity contribution in [2.75, 3.05) is 6.26 Å². The summed E-state index contributed by atoms with van der Waals surface area (Å²) in [4.78, 5) is 4.43. The van der Waals surface area contributed by atoms with E-state index in [1.807, 2.05) is 30.3 Å². The Labute approximate surface area is 133 Å². The standard InChI is InChI=1S/C16H13NO3S2/c1-21-16-15(22(18,19)13-10-6-3-7-11-13)17-14(20-16)12-8-4-2-5-9-12/h2-11H,1H3. The predicted molar refractivity (Wildman–Crippen MR) is 85.6 cm³/mol. The molecule has 2 aromatic carbocycles. The molecule has 112 valence electrons. The van der Waals surface area contributed by atoms with E-state index >= 15 is 0 Å². The highest BCUT2D eigenvalue weighted by Crippen LogP contribution is 2.33. The van der Waals surface area contributed by atoms with Crippen molar-refractivity contribution in [3.63, 3.8) is 0 Å². The van der Waals surface area contributed by atoms with Crippen LogP contribution < -0.4 is 0 Å². The number of hydrogen-bond acceptors (Lipinski definition) is 5. The van der Waals surface area contributed by atoms with Crippen LogP contribution in [0.3, 0.4) is 0 Å². The van der Waals surface area contributed by atoms with Gasteiger partial charge in [-0.1, -0.05) is 48.2 Å². The zero-order valence-electron chi connectivity index (χ0n) is 11.8. The molecule has 6 heteroatoms. The van der Waals surface area contributed by atoms with E-state index in [0.717, 1.165) is 5.56 Å². The molecule has 0 aliphatic carbocycles. The van der Waals surface area contributed by atoms with Crippen LogP contribution in [0.2, 0.25) is 0 Å². The number of aromatic nitrogens is 1. The van der Waals surface area contributed by atoms with Crippen LogP contribution in [0.5, 0.6) is 0 Å². The molecule has 1 heterocycles. The monoisotopic (exact) mass is 331 g/mol. The van der Waals surface area contributed by atoms with Crippen molar-refractivity contribution in [2.45, 2.75) is 15.0 Å². The van der Waals surface area contributed by atoms with Gasteiger partial charge in [-0.15, -0.1) is 0 Å². The highest BCUT2D eigenvalue weighted by atomic mass is 32.2. The molecule has 0 amide bonds. The maximum Gasteiger partial charge on any atom is 0.228 e. The van der Waals surface area contributed by atoms with Crippen LogP contribution in [0.25, 0.3) is 11.5 Å². The molecule has 0 unspecified atom stereocenters. The second-order valence-electron chi connectivity index (χ2n) is 4.50. The Hall–Kier alpha value is -2.05. The summed E-state index contributed by atoms with van der Waals surface area (Å²) in [7, 11) is -3.69. The molecule has 0 atom stereocenters. The zero-order chi connectivity index (χ0) is 15.6. The molecule has 0 fully saturated rings. The average Bonchev–Trinajstić information content (AvgIpc) is 3.02. The van der Waals surface area contributed by atoms with Crippen LogP contribution in [-0.2, 0) is 9.84 Å². The molecule has 0 aliphatic heterocycles. The molecule has 0 saturated carbocycles. The molecule has 4 nitrogen and oxygen atoms in total. The van der Waals surface area contributed by atoms with Crippen molar-refractivity contribution in [2.24, 2.45) is 0 Å². The topological polar surface area (TPSA) is 60.2 Å². The van der Waals surface area contributed by atoms with Crippen LogP contribution in [0.4, 0.5) is 0 Å². The Morgan fingerprint density at radius 2 is 1.55 bits per heavy atom. The summed E-state index contributed by atoms with van der Waals surface area (Å²) in [6, 6.07) is 17.5. The van der Waals surface area contributed by atoms with Gasteiger partial charge in [-0.2, -0.15) is 4.98 Å². The minimum Gasteiger partial charge on any atom is -0.428 e. The summed E-state index contributed by atoms with van der Waals surface area (Å²) in [6.07, 6.45) is 1.76. The van der Waals surface area contributed by atoms with E-state index in [2.05, 4.69) is 4.98 Å². The highest BCUT2D eigenvalue weighted by molar-refractivity contribution is 7.99. The lowest BCUT2D eigenvalue weighted by molar-refractivity contribution is 0.471. The third-order valence-electron chi connectivity index (χ3n) is 3.08. The lowest BCUT2D eigenvalue weighted by Gasteiger charge is -2.01. The highest BCUT2D eigenvalue weighted by Gasteiger charge is 2.27. The van der Waals surface area contributed by atoms with Crippen molar-refractivity contribution in [3.8, 4) is 11.5 Å². The van der Waals surface area contributed by atoms with Crippen molar-refractivity contribution in [3.05, 3.63) is 60.7 Å². The Kier molecular flexibility index (Phi) is 4.04. The van der Waals surface area contributed by atoms with Gasteiger partial charge in [0.05, 0.1) is 4.90 Å². The van der Waals surface area contributed by atoms with Crippen molar-refractivity contribution >= 4 is 21.6 Å². The minimum atomic E-state index is -3.69. The van der Waals surface area contributed by atoms with Gasteiger partial charge in [-0.3, -0.25) is 0 Å². The maximum atomic E-state index is 12.7. The van der Waals surface area contributed by atoms with E-state index < -0.39 is 9.84 Å². The van der Waals surface area contributed by atoms with Crippen LogP contribution >= 0.6 is 11.8 Å². The second-order valence-corrected chi connectivity index (χ2v) is 7.14. The van der Waals surface area contributed by atoms with Gasteiger partial charge in [0.15, 0.2) is 0 Å². The van der Waals surface area contributed by atoms with Gasteiger partial charge in [0.1, 0.15) is 0 Å². The first-order valence-electron chi connectivity index (χ1n) is 6.53. The van der Waals surface area contributed by atoms with Gasteiger partial charge in [0.25, 0.3) is 0 Å². The first-order chi connectivity index (χ1) is 10.6. The fourth-order valence-electron chi connectivity index (χ4n) is 2.01. The predicted octanol–water partition coefficient (Wildman–Crippen LogP) is 3.90. The second kappa shape index (κ2) is 5.98. The molecule has 1 aromatic heterocycles.